The van der Waals surface area contributed by atoms with Crippen molar-refractivity contribution >= 4 is 5.69 Å². The molecule has 0 atom stereocenters. The minimum atomic E-state index is -2.43. The number of halogens is 2. The molecule has 0 aliphatic carbocycles. The fourth-order valence-electron chi connectivity index (χ4n) is 1.35. The molecule has 1 aromatic carbocycles. The molecule has 0 saturated heterocycles. The van der Waals surface area contributed by atoms with Crippen molar-refractivity contribution in [1.29, 1.82) is 0 Å². The maximum Gasteiger partial charge on any atom is 0.316 e. The summed E-state index contributed by atoms with van der Waals surface area (Å²) in [7, 11) is 0. The van der Waals surface area contributed by atoms with Gasteiger partial charge in [0.05, 0.1) is 6.67 Å². The lowest BCUT2D eigenvalue weighted by molar-refractivity contribution is 0.0124. The molecule has 0 radical (unpaired) electrons. The lowest BCUT2D eigenvalue weighted by atomic mass is 10.3. The fourth-order valence-corrected chi connectivity index (χ4v) is 1.35. The number of alkyl halides is 2. The second-order valence-corrected chi connectivity index (χ2v) is 3.04. The van der Waals surface area contributed by atoms with Crippen molar-refractivity contribution in [3.8, 4) is 0 Å². The summed E-state index contributed by atoms with van der Waals surface area (Å²) in [5.41, 5.74) is 0.923. The van der Waals surface area contributed by atoms with Gasteiger partial charge in [0.1, 0.15) is 0 Å². The normalized spacial score (nSPS) is 15.6. The van der Waals surface area contributed by atoms with Gasteiger partial charge in [-0.2, -0.15) is 8.78 Å². The summed E-state index contributed by atoms with van der Waals surface area (Å²) in [5.74, 6) is 0. The van der Waals surface area contributed by atoms with E-state index in [4.69, 9.17) is 0 Å². The van der Waals surface area contributed by atoms with Crippen LogP contribution in [0.3, 0.4) is 0 Å². The van der Waals surface area contributed by atoms with Gasteiger partial charge in [-0.25, -0.2) is 0 Å². The zero-order chi connectivity index (χ0) is 9.97. The first kappa shape index (κ1) is 8.99. The molecule has 2 nitrogen and oxygen atoms in total. The smallest absolute Gasteiger partial charge is 0.316 e. The van der Waals surface area contributed by atoms with Gasteiger partial charge in [0, 0.05) is 18.1 Å². The summed E-state index contributed by atoms with van der Waals surface area (Å²) in [4.78, 5) is 2.75. The molecule has 1 heterocycles. The molecule has 0 amide bonds. The van der Waals surface area contributed by atoms with Crippen LogP contribution in [0.2, 0.25) is 0 Å². The van der Waals surface area contributed by atoms with Crippen LogP contribution in [0, 0.1) is 0 Å². The van der Waals surface area contributed by atoms with Gasteiger partial charge in [0.2, 0.25) is 0 Å². The van der Waals surface area contributed by atoms with E-state index in [1.807, 2.05) is 30.3 Å². The molecule has 0 saturated carbocycles. The van der Waals surface area contributed by atoms with Crippen molar-refractivity contribution in [3.63, 3.8) is 0 Å². The topological polar surface area (TPSA) is 6.48 Å². The van der Waals surface area contributed by atoms with Gasteiger partial charge in [-0.15, -0.1) is 0 Å². The number of benzene rings is 1. The van der Waals surface area contributed by atoms with Crippen LogP contribution in [0.5, 0.6) is 0 Å². The van der Waals surface area contributed by atoms with Crippen molar-refractivity contribution in [3.05, 3.63) is 42.7 Å². The molecule has 0 unspecified atom stereocenters. The molecule has 14 heavy (non-hydrogen) atoms. The van der Waals surface area contributed by atoms with E-state index in [9.17, 15) is 8.78 Å². The van der Waals surface area contributed by atoms with Crippen molar-refractivity contribution in [2.24, 2.45) is 0 Å². The number of rotatable bonds is 2. The van der Waals surface area contributed by atoms with Gasteiger partial charge in [-0.1, -0.05) is 18.2 Å². The van der Waals surface area contributed by atoms with E-state index in [1.54, 1.807) is 11.1 Å². The minimum absolute atomic E-state index is 0.210. The Balaban J connectivity index is 2.08. The van der Waals surface area contributed by atoms with Gasteiger partial charge in [0.25, 0.3) is 0 Å². The monoisotopic (exact) mass is 196 g/mol. The summed E-state index contributed by atoms with van der Waals surface area (Å²) >= 11 is 0. The second-order valence-electron chi connectivity index (χ2n) is 3.04. The quantitative estimate of drug-likeness (QED) is 0.670. The SMILES string of the molecule is FC(F)N1C=CN(c2ccccc2)C1. The van der Waals surface area contributed by atoms with Crippen LogP contribution in [0.25, 0.3) is 0 Å². The molecule has 4 heteroatoms. The Kier molecular flexibility index (Phi) is 2.35. The number of anilines is 1. The van der Waals surface area contributed by atoms with E-state index in [0.29, 0.717) is 0 Å². The predicted molar refractivity (Wildman–Crippen MR) is 50.8 cm³/mol. The first-order valence-corrected chi connectivity index (χ1v) is 4.31. The number of para-hydroxylation sites is 1. The predicted octanol–water partition coefficient (Wildman–Crippen LogP) is 2.46. The van der Waals surface area contributed by atoms with Crippen LogP contribution >= 0.6 is 0 Å². The first-order valence-electron chi connectivity index (χ1n) is 4.31. The van der Waals surface area contributed by atoms with Gasteiger partial charge < -0.3 is 9.80 Å². The Morgan fingerprint density at radius 2 is 1.79 bits per heavy atom. The molecule has 1 aromatic rings. The Hall–Kier alpha value is -1.58. The lowest BCUT2D eigenvalue weighted by Gasteiger charge is -2.20. The van der Waals surface area contributed by atoms with Crippen LogP contribution in [-0.2, 0) is 0 Å². The van der Waals surface area contributed by atoms with Gasteiger partial charge in [0.15, 0.2) is 0 Å². The number of nitrogens with zero attached hydrogens (tertiary/aromatic N) is 2. The first-order chi connectivity index (χ1) is 6.77. The maximum atomic E-state index is 12.3. The summed E-state index contributed by atoms with van der Waals surface area (Å²) in [5, 5.41) is 0. The van der Waals surface area contributed by atoms with Crippen molar-refractivity contribution in [2.75, 3.05) is 11.6 Å². The average molecular weight is 196 g/mol. The zero-order valence-electron chi connectivity index (χ0n) is 7.48. The Bertz CT molecular complexity index is 324. The van der Waals surface area contributed by atoms with Crippen LogP contribution in [0.4, 0.5) is 14.5 Å². The third-order valence-electron chi connectivity index (χ3n) is 2.09. The number of hydrogen-bond donors (Lipinski definition) is 0. The van der Waals surface area contributed by atoms with E-state index in [-0.39, 0.29) is 6.67 Å². The molecular formula is C10H10F2N2. The molecule has 0 spiro atoms. The van der Waals surface area contributed by atoms with Crippen LogP contribution in [0.15, 0.2) is 42.7 Å². The van der Waals surface area contributed by atoms with Crippen molar-refractivity contribution in [2.45, 2.75) is 6.55 Å². The Labute approximate surface area is 81.0 Å². The minimum Gasteiger partial charge on any atom is -0.328 e. The molecule has 1 aliphatic rings. The highest BCUT2D eigenvalue weighted by atomic mass is 19.3. The lowest BCUT2D eigenvalue weighted by Crippen LogP contribution is -2.28. The molecule has 1 aliphatic heterocycles. The summed E-state index contributed by atoms with van der Waals surface area (Å²) in [6, 6.07) is 9.44. The molecule has 0 bridgehead atoms. The molecule has 0 aromatic heterocycles. The van der Waals surface area contributed by atoms with Crippen LogP contribution < -0.4 is 4.90 Å². The number of hydrogen-bond acceptors (Lipinski definition) is 2. The average Bonchev–Trinajstić information content (AvgIpc) is 2.68. The third kappa shape index (κ3) is 1.69. The van der Waals surface area contributed by atoms with E-state index in [2.05, 4.69) is 0 Å². The van der Waals surface area contributed by atoms with E-state index in [1.165, 1.54) is 6.20 Å². The molecular weight excluding hydrogens is 186 g/mol. The second kappa shape index (κ2) is 3.65. The Morgan fingerprint density at radius 1 is 1.07 bits per heavy atom. The molecule has 0 fully saturated rings. The molecule has 74 valence electrons. The van der Waals surface area contributed by atoms with Crippen LogP contribution in [-0.4, -0.2) is 18.1 Å². The third-order valence-corrected chi connectivity index (χ3v) is 2.09. The maximum absolute atomic E-state index is 12.3. The van der Waals surface area contributed by atoms with Gasteiger partial charge in [-0.3, -0.25) is 0 Å². The Morgan fingerprint density at radius 3 is 2.36 bits per heavy atom. The van der Waals surface area contributed by atoms with E-state index < -0.39 is 6.55 Å². The van der Waals surface area contributed by atoms with Crippen LogP contribution in [0.1, 0.15) is 0 Å². The van der Waals surface area contributed by atoms with Crippen molar-refractivity contribution in [1.82, 2.24) is 4.90 Å². The van der Waals surface area contributed by atoms with Crippen molar-refractivity contribution < 1.29 is 8.78 Å². The van der Waals surface area contributed by atoms with Gasteiger partial charge >= 0.3 is 6.55 Å². The summed E-state index contributed by atoms with van der Waals surface area (Å²) in [6.07, 6.45) is 3.05. The highest BCUT2D eigenvalue weighted by Crippen LogP contribution is 2.20. The highest BCUT2D eigenvalue weighted by molar-refractivity contribution is 5.49. The summed E-state index contributed by atoms with van der Waals surface area (Å²) < 4.78 is 24.6. The molecule has 0 N–H and O–H groups in total. The molecule has 2 rings (SSSR count). The zero-order valence-corrected chi connectivity index (χ0v) is 7.48. The summed E-state index contributed by atoms with van der Waals surface area (Å²) in [6.45, 7) is -2.22. The van der Waals surface area contributed by atoms with E-state index in [0.717, 1.165) is 10.6 Å². The standard InChI is InChI=1S/C10H10F2N2/c11-10(12)14-7-6-13(8-14)9-4-2-1-3-5-9/h1-7,10H,8H2. The highest BCUT2D eigenvalue weighted by Gasteiger charge is 2.19. The van der Waals surface area contributed by atoms with E-state index >= 15 is 0 Å². The fraction of sp³-hybridized carbons (Fsp3) is 0.200. The van der Waals surface area contributed by atoms with Gasteiger partial charge in [-0.05, 0) is 12.1 Å². The largest absolute Gasteiger partial charge is 0.328 e.